The van der Waals surface area contributed by atoms with E-state index in [0.717, 1.165) is 5.56 Å². The number of ether oxygens (including phenoxy) is 2. The maximum atomic E-state index is 12.6. The number of ketones is 2. The lowest BCUT2D eigenvalue weighted by atomic mass is 10.1. The van der Waals surface area contributed by atoms with Crippen LogP contribution in [0.4, 0.5) is 0 Å². The molecule has 3 aromatic rings. The van der Waals surface area contributed by atoms with Crippen LogP contribution in [0.5, 0.6) is 11.5 Å². The summed E-state index contributed by atoms with van der Waals surface area (Å²) in [6.45, 7) is 1.74. The van der Waals surface area contributed by atoms with Gasteiger partial charge in [0.1, 0.15) is 11.5 Å². The van der Waals surface area contributed by atoms with Crippen molar-refractivity contribution in [2.24, 2.45) is 0 Å². The van der Waals surface area contributed by atoms with E-state index in [-0.39, 0.29) is 23.9 Å². The van der Waals surface area contributed by atoms with Crippen LogP contribution in [0, 0.1) is 6.92 Å². The summed E-state index contributed by atoms with van der Waals surface area (Å²) in [6.07, 6.45) is 1.72. The zero-order valence-electron chi connectivity index (χ0n) is 15.3. The Balaban J connectivity index is 1.54. The lowest BCUT2D eigenvalue weighted by molar-refractivity contribution is 0.0920. The predicted octanol–water partition coefficient (Wildman–Crippen LogP) is 4.87. The number of carbonyl (C=O) groups excluding carboxylic acids is 2. The number of carbonyl (C=O) groups is 2. The fourth-order valence-corrected chi connectivity index (χ4v) is 3.08. The van der Waals surface area contributed by atoms with E-state index in [1.807, 2.05) is 55.5 Å². The van der Waals surface area contributed by atoms with Crippen LogP contribution < -0.4 is 9.47 Å². The summed E-state index contributed by atoms with van der Waals surface area (Å²) in [7, 11) is 0. The number of allylic oxidation sites excluding steroid dienone is 1. The first-order valence-corrected chi connectivity index (χ1v) is 8.97. The highest BCUT2D eigenvalue weighted by Gasteiger charge is 2.30. The smallest absolute Gasteiger partial charge is 0.231 e. The van der Waals surface area contributed by atoms with Gasteiger partial charge in [-0.1, -0.05) is 60.7 Å². The van der Waals surface area contributed by atoms with Crippen LogP contribution in [0.3, 0.4) is 0 Å². The minimum Gasteiger partial charge on any atom is -0.485 e. The molecule has 0 fully saturated rings. The molecule has 0 amide bonds. The molecule has 0 radical (unpaired) electrons. The van der Waals surface area contributed by atoms with Gasteiger partial charge in [0.2, 0.25) is 5.78 Å². The number of fused-ring (bicyclic) bond motifs is 1. The van der Waals surface area contributed by atoms with Gasteiger partial charge in [-0.3, -0.25) is 9.59 Å². The van der Waals surface area contributed by atoms with Crippen molar-refractivity contribution in [3.05, 3.63) is 101 Å². The molecule has 0 unspecified atom stereocenters. The molecule has 0 spiro atoms. The third kappa shape index (κ3) is 3.45. The van der Waals surface area contributed by atoms with Gasteiger partial charge in [0.25, 0.3) is 0 Å². The molecule has 138 valence electrons. The summed E-state index contributed by atoms with van der Waals surface area (Å²) in [5.74, 6) is 1.02. The Bertz CT molecular complexity index is 1070. The molecular formula is C24H18O4. The van der Waals surface area contributed by atoms with Crippen LogP contribution in [-0.4, -0.2) is 18.2 Å². The molecule has 0 aromatic heterocycles. The highest BCUT2D eigenvalue weighted by atomic mass is 16.5. The molecule has 4 nitrogen and oxygen atoms in total. The van der Waals surface area contributed by atoms with Crippen LogP contribution >= 0.6 is 0 Å². The maximum absolute atomic E-state index is 12.6. The van der Waals surface area contributed by atoms with Crippen LogP contribution in [0.25, 0.3) is 6.08 Å². The van der Waals surface area contributed by atoms with Gasteiger partial charge in [0.15, 0.2) is 18.1 Å². The fraction of sp³-hybridized carbons (Fsp3) is 0.0833. The van der Waals surface area contributed by atoms with Gasteiger partial charge in [0.05, 0.1) is 5.56 Å². The van der Waals surface area contributed by atoms with E-state index in [1.165, 1.54) is 0 Å². The second-order valence-electron chi connectivity index (χ2n) is 6.49. The van der Waals surface area contributed by atoms with Crippen LogP contribution in [0.1, 0.15) is 31.8 Å². The molecule has 1 aliphatic rings. The molecule has 0 bridgehead atoms. The van der Waals surface area contributed by atoms with Crippen molar-refractivity contribution in [2.75, 3.05) is 6.61 Å². The molecule has 0 aliphatic carbocycles. The monoisotopic (exact) mass is 370 g/mol. The zero-order chi connectivity index (χ0) is 19.5. The SMILES string of the molecule is Cc1c(OCC(=O)c2ccccc2)ccc2c1O/C(=C\c1ccccc1)C2=O. The molecule has 1 aliphatic heterocycles. The summed E-state index contributed by atoms with van der Waals surface area (Å²) in [5.41, 5.74) is 2.69. The van der Waals surface area contributed by atoms with E-state index in [9.17, 15) is 9.59 Å². The topological polar surface area (TPSA) is 52.6 Å². The van der Waals surface area contributed by atoms with E-state index < -0.39 is 0 Å². The minimum absolute atomic E-state index is 0.0791. The highest BCUT2D eigenvalue weighted by Crippen LogP contribution is 2.39. The van der Waals surface area contributed by atoms with Gasteiger partial charge in [-0.25, -0.2) is 0 Å². The van der Waals surface area contributed by atoms with Gasteiger partial charge in [-0.15, -0.1) is 0 Å². The van der Waals surface area contributed by atoms with Crippen LogP contribution in [0.15, 0.2) is 78.6 Å². The lowest BCUT2D eigenvalue weighted by Gasteiger charge is -2.11. The Kier molecular flexibility index (Phi) is 4.77. The van der Waals surface area contributed by atoms with Crippen molar-refractivity contribution < 1.29 is 19.1 Å². The number of benzene rings is 3. The van der Waals surface area contributed by atoms with Crippen molar-refractivity contribution in [2.45, 2.75) is 6.92 Å². The summed E-state index contributed by atoms with van der Waals surface area (Å²) in [4.78, 5) is 24.9. The first kappa shape index (κ1) is 17.7. The highest BCUT2D eigenvalue weighted by molar-refractivity contribution is 6.15. The minimum atomic E-state index is -0.158. The Hall–Kier alpha value is -3.66. The second-order valence-corrected chi connectivity index (χ2v) is 6.49. The molecule has 3 aromatic carbocycles. The molecule has 4 heteroatoms. The van der Waals surface area contributed by atoms with Gasteiger partial charge in [-0.05, 0) is 30.7 Å². The number of hydrogen-bond donors (Lipinski definition) is 0. The predicted molar refractivity (Wildman–Crippen MR) is 107 cm³/mol. The Morgan fingerprint density at radius 2 is 1.64 bits per heavy atom. The second kappa shape index (κ2) is 7.53. The number of rotatable bonds is 5. The van der Waals surface area contributed by atoms with Crippen molar-refractivity contribution in [3.8, 4) is 11.5 Å². The van der Waals surface area contributed by atoms with Gasteiger partial charge in [-0.2, -0.15) is 0 Å². The van der Waals surface area contributed by atoms with Gasteiger partial charge in [0, 0.05) is 11.1 Å². The van der Waals surface area contributed by atoms with Crippen molar-refractivity contribution in [1.82, 2.24) is 0 Å². The first-order chi connectivity index (χ1) is 13.6. The number of hydrogen-bond acceptors (Lipinski definition) is 4. The quantitative estimate of drug-likeness (QED) is 0.475. The molecule has 4 rings (SSSR count). The maximum Gasteiger partial charge on any atom is 0.231 e. The Labute approximate surface area is 163 Å². The van der Waals surface area contributed by atoms with Crippen molar-refractivity contribution >= 4 is 17.6 Å². The normalized spacial score (nSPS) is 13.9. The van der Waals surface area contributed by atoms with E-state index >= 15 is 0 Å². The van der Waals surface area contributed by atoms with Crippen LogP contribution in [0.2, 0.25) is 0 Å². The fourth-order valence-electron chi connectivity index (χ4n) is 3.08. The van der Waals surface area contributed by atoms with Gasteiger partial charge < -0.3 is 9.47 Å². The molecular weight excluding hydrogens is 352 g/mol. The zero-order valence-corrected chi connectivity index (χ0v) is 15.3. The van der Waals surface area contributed by atoms with E-state index in [1.54, 1.807) is 30.3 Å². The molecule has 0 atom stereocenters. The molecule has 28 heavy (non-hydrogen) atoms. The first-order valence-electron chi connectivity index (χ1n) is 8.97. The van der Waals surface area contributed by atoms with Crippen molar-refractivity contribution in [1.29, 1.82) is 0 Å². The van der Waals surface area contributed by atoms with E-state index in [4.69, 9.17) is 9.47 Å². The van der Waals surface area contributed by atoms with E-state index in [0.29, 0.717) is 28.2 Å². The lowest BCUT2D eigenvalue weighted by Crippen LogP contribution is -2.12. The molecule has 0 saturated heterocycles. The van der Waals surface area contributed by atoms with Gasteiger partial charge >= 0.3 is 0 Å². The molecule has 1 heterocycles. The average Bonchev–Trinajstić information content (AvgIpc) is 3.05. The summed E-state index contributed by atoms with van der Waals surface area (Å²) in [6, 6.07) is 21.9. The summed E-state index contributed by atoms with van der Waals surface area (Å²) in [5, 5.41) is 0. The van der Waals surface area contributed by atoms with Crippen molar-refractivity contribution in [3.63, 3.8) is 0 Å². The average molecular weight is 370 g/mol. The Morgan fingerprint density at radius 3 is 2.36 bits per heavy atom. The summed E-state index contributed by atoms with van der Waals surface area (Å²) >= 11 is 0. The standard InChI is InChI=1S/C24H18O4/c1-16-21(27-15-20(25)18-10-6-3-7-11-18)13-12-19-23(26)22(28-24(16)19)14-17-8-4-2-5-9-17/h2-14H,15H2,1H3/b22-14-. The number of Topliss-reactive ketones (excluding diaryl/α,β-unsaturated/α-hetero) is 2. The Morgan fingerprint density at radius 1 is 0.964 bits per heavy atom. The summed E-state index contributed by atoms with van der Waals surface area (Å²) < 4.78 is 11.5. The third-order valence-electron chi connectivity index (χ3n) is 4.59. The molecule has 0 N–H and O–H groups in total. The third-order valence-corrected chi connectivity index (χ3v) is 4.59. The largest absolute Gasteiger partial charge is 0.485 e. The van der Waals surface area contributed by atoms with Crippen LogP contribution in [-0.2, 0) is 0 Å². The van der Waals surface area contributed by atoms with E-state index in [2.05, 4.69) is 0 Å². The molecule has 0 saturated carbocycles.